The van der Waals surface area contributed by atoms with Crippen LogP contribution in [0.25, 0.3) is 6.08 Å². The number of methoxy groups -OCH3 is 1. The fraction of sp³-hybridized carbons (Fsp3) is 0.611. The second-order valence-corrected chi connectivity index (χ2v) is 7.88. The van der Waals surface area contributed by atoms with E-state index in [4.69, 9.17) is 4.74 Å². The number of likely N-dealkylation sites (tertiary alicyclic amines) is 2. The molecule has 0 aliphatic carbocycles. The molecule has 2 aliphatic rings. The van der Waals surface area contributed by atoms with Crippen LogP contribution in [0, 0.1) is 5.41 Å². The number of hydrogen-bond donors (Lipinski definition) is 0. The van der Waals surface area contributed by atoms with E-state index in [9.17, 15) is 4.79 Å². The van der Waals surface area contributed by atoms with Crippen LogP contribution in [0.2, 0.25) is 0 Å². The summed E-state index contributed by atoms with van der Waals surface area (Å²) in [5, 5.41) is 2.03. The fourth-order valence-electron chi connectivity index (χ4n) is 3.97. The lowest BCUT2D eigenvalue weighted by Crippen LogP contribution is -2.43. The standard InChI is InChI=1S/C18H26N2O2S/c1-19-14-18(12-15(19)13-22-2)7-9-20(10-8-18)17(21)6-5-16-4-3-11-23-16/h3-6,11,15H,7-10,12-14H2,1-2H3/b6-5+/t15-/m1/s1. The minimum atomic E-state index is 0.146. The zero-order valence-electron chi connectivity index (χ0n) is 14.0. The van der Waals surface area contributed by atoms with Gasteiger partial charge < -0.3 is 14.5 Å². The Balaban J connectivity index is 1.53. The van der Waals surface area contributed by atoms with Crippen LogP contribution in [-0.4, -0.2) is 62.1 Å². The molecule has 0 N–H and O–H groups in total. The fourth-order valence-corrected chi connectivity index (χ4v) is 4.58. The molecule has 23 heavy (non-hydrogen) atoms. The second kappa shape index (κ2) is 7.16. The number of amides is 1. The van der Waals surface area contributed by atoms with Crippen LogP contribution in [-0.2, 0) is 9.53 Å². The van der Waals surface area contributed by atoms with Crippen LogP contribution in [0.3, 0.4) is 0 Å². The third-order valence-corrected chi connectivity index (χ3v) is 6.14. The Hall–Kier alpha value is -1.17. The molecule has 1 spiro atoms. The van der Waals surface area contributed by atoms with Gasteiger partial charge in [0, 0.05) is 43.7 Å². The number of likely N-dealkylation sites (N-methyl/N-ethyl adjacent to an activating group) is 1. The zero-order valence-corrected chi connectivity index (χ0v) is 14.8. The van der Waals surface area contributed by atoms with Gasteiger partial charge in [0.05, 0.1) is 6.61 Å². The molecule has 2 saturated heterocycles. The SMILES string of the molecule is COC[C@H]1CC2(CCN(C(=O)/C=C/c3cccs3)CC2)CN1C. The largest absolute Gasteiger partial charge is 0.383 e. The average Bonchev–Trinajstić information content (AvgIpc) is 3.15. The third kappa shape index (κ3) is 3.84. The van der Waals surface area contributed by atoms with Gasteiger partial charge in [-0.25, -0.2) is 0 Å². The number of rotatable bonds is 4. The normalized spacial score (nSPS) is 24.8. The van der Waals surface area contributed by atoms with Crippen molar-refractivity contribution >= 4 is 23.3 Å². The lowest BCUT2D eigenvalue weighted by Gasteiger charge is -2.39. The highest BCUT2D eigenvalue weighted by Crippen LogP contribution is 2.42. The van der Waals surface area contributed by atoms with E-state index in [2.05, 4.69) is 11.9 Å². The monoisotopic (exact) mass is 334 g/mol. The van der Waals surface area contributed by atoms with Crippen molar-refractivity contribution in [2.45, 2.75) is 25.3 Å². The Morgan fingerprint density at radius 1 is 1.48 bits per heavy atom. The minimum absolute atomic E-state index is 0.146. The first kappa shape index (κ1) is 16.7. The van der Waals surface area contributed by atoms with E-state index in [0.717, 1.165) is 44.0 Å². The summed E-state index contributed by atoms with van der Waals surface area (Å²) in [4.78, 5) is 17.9. The first-order valence-electron chi connectivity index (χ1n) is 8.32. The minimum Gasteiger partial charge on any atom is -0.383 e. The van der Waals surface area contributed by atoms with Crippen LogP contribution in [0.5, 0.6) is 0 Å². The predicted octanol–water partition coefficient (Wildman–Crippen LogP) is 2.72. The van der Waals surface area contributed by atoms with E-state index in [-0.39, 0.29) is 5.91 Å². The molecule has 1 aromatic rings. The molecule has 0 bridgehead atoms. The topological polar surface area (TPSA) is 32.8 Å². The van der Waals surface area contributed by atoms with Crippen molar-refractivity contribution in [2.24, 2.45) is 5.41 Å². The van der Waals surface area contributed by atoms with Crippen LogP contribution in [0.1, 0.15) is 24.1 Å². The van der Waals surface area contributed by atoms with Gasteiger partial charge in [0.2, 0.25) is 5.91 Å². The average molecular weight is 334 g/mol. The molecule has 126 valence electrons. The van der Waals surface area contributed by atoms with Gasteiger partial charge in [-0.05, 0) is 49.2 Å². The first-order chi connectivity index (χ1) is 11.1. The Labute approximate surface area is 142 Å². The molecule has 1 amide bonds. The van der Waals surface area contributed by atoms with Crippen molar-refractivity contribution in [2.75, 3.05) is 40.4 Å². The number of thiophene rings is 1. The van der Waals surface area contributed by atoms with Crippen molar-refractivity contribution in [3.63, 3.8) is 0 Å². The molecule has 4 nitrogen and oxygen atoms in total. The van der Waals surface area contributed by atoms with Crippen molar-refractivity contribution < 1.29 is 9.53 Å². The molecule has 1 aromatic heterocycles. The van der Waals surface area contributed by atoms with Gasteiger partial charge in [0.1, 0.15) is 0 Å². The van der Waals surface area contributed by atoms with Crippen molar-refractivity contribution in [1.29, 1.82) is 0 Å². The molecule has 0 radical (unpaired) electrons. The quantitative estimate of drug-likeness (QED) is 0.794. The van der Waals surface area contributed by atoms with E-state index in [1.54, 1.807) is 24.5 Å². The number of carbonyl (C=O) groups excluding carboxylic acids is 1. The summed E-state index contributed by atoms with van der Waals surface area (Å²) in [6.07, 6.45) is 7.06. The maximum Gasteiger partial charge on any atom is 0.246 e. The number of hydrogen-bond acceptors (Lipinski definition) is 4. The second-order valence-electron chi connectivity index (χ2n) is 6.90. The zero-order chi connectivity index (χ0) is 16.3. The summed E-state index contributed by atoms with van der Waals surface area (Å²) in [5.41, 5.74) is 0.381. The molecule has 3 heterocycles. The Kier molecular flexibility index (Phi) is 5.19. The van der Waals surface area contributed by atoms with Gasteiger partial charge in [-0.2, -0.15) is 0 Å². The van der Waals surface area contributed by atoms with Gasteiger partial charge in [0.15, 0.2) is 0 Å². The molecular weight excluding hydrogens is 308 g/mol. The molecule has 5 heteroatoms. The molecule has 3 rings (SSSR count). The molecule has 0 aromatic carbocycles. The first-order valence-corrected chi connectivity index (χ1v) is 9.19. The maximum atomic E-state index is 12.3. The Morgan fingerprint density at radius 2 is 2.26 bits per heavy atom. The van der Waals surface area contributed by atoms with E-state index in [0.29, 0.717) is 11.5 Å². The smallest absolute Gasteiger partial charge is 0.246 e. The van der Waals surface area contributed by atoms with Gasteiger partial charge in [-0.1, -0.05) is 6.07 Å². The predicted molar refractivity (Wildman–Crippen MR) is 94.5 cm³/mol. The summed E-state index contributed by atoms with van der Waals surface area (Å²) in [6, 6.07) is 4.57. The Morgan fingerprint density at radius 3 is 2.91 bits per heavy atom. The third-order valence-electron chi connectivity index (χ3n) is 5.30. The highest BCUT2D eigenvalue weighted by Gasteiger charge is 2.44. The van der Waals surface area contributed by atoms with Crippen LogP contribution in [0.15, 0.2) is 23.6 Å². The molecule has 0 saturated carbocycles. The van der Waals surface area contributed by atoms with Crippen molar-refractivity contribution in [3.05, 3.63) is 28.5 Å². The molecule has 2 aliphatic heterocycles. The van der Waals surface area contributed by atoms with Crippen LogP contribution < -0.4 is 0 Å². The lowest BCUT2D eigenvalue weighted by atomic mass is 9.76. The molecular formula is C18H26N2O2S. The highest BCUT2D eigenvalue weighted by atomic mass is 32.1. The summed E-state index contributed by atoms with van der Waals surface area (Å²) < 4.78 is 5.34. The van der Waals surface area contributed by atoms with E-state index < -0.39 is 0 Å². The highest BCUT2D eigenvalue weighted by molar-refractivity contribution is 7.10. The molecule has 1 atom stereocenters. The number of carbonyl (C=O) groups is 1. The van der Waals surface area contributed by atoms with E-state index in [1.807, 2.05) is 28.5 Å². The lowest BCUT2D eigenvalue weighted by molar-refractivity contribution is -0.128. The van der Waals surface area contributed by atoms with Gasteiger partial charge >= 0.3 is 0 Å². The summed E-state index contributed by atoms with van der Waals surface area (Å²) in [6.45, 7) is 3.70. The molecule has 2 fully saturated rings. The van der Waals surface area contributed by atoms with E-state index in [1.165, 1.54) is 6.42 Å². The summed E-state index contributed by atoms with van der Waals surface area (Å²) in [7, 11) is 3.97. The number of nitrogens with zero attached hydrogens (tertiary/aromatic N) is 2. The maximum absolute atomic E-state index is 12.3. The van der Waals surface area contributed by atoms with Gasteiger partial charge in [0.25, 0.3) is 0 Å². The van der Waals surface area contributed by atoms with Crippen molar-refractivity contribution in [1.82, 2.24) is 9.80 Å². The van der Waals surface area contributed by atoms with Crippen LogP contribution >= 0.6 is 11.3 Å². The van der Waals surface area contributed by atoms with Gasteiger partial charge in [-0.15, -0.1) is 11.3 Å². The molecule has 0 unspecified atom stereocenters. The number of ether oxygens (including phenoxy) is 1. The van der Waals surface area contributed by atoms with E-state index >= 15 is 0 Å². The van der Waals surface area contributed by atoms with Gasteiger partial charge in [-0.3, -0.25) is 4.79 Å². The summed E-state index contributed by atoms with van der Waals surface area (Å²) in [5.74, 6) is 0.146. The van der Waals surface area contributed by atoms with Crippen molar-refractivity contribution in [3.8, 4) is 0 Å². The Bertz CT molecular complexity index is 547. The van der Waals surface area contributed by atoms with Crippen LogP contribution in [0.4, 0.5) is 0 Å². The summed E-state index contributed by atoms with van der Waals surface area (Å²) >= 11 is 1.66. The number of piperidine rings is 1.